The third kappa shape index (κ3) is 3.59. The minimum Gasteiger partial charge on any atom is -0.380 e. The van der Waals surface area contributed by atoms with Crippen molar-refractivity contribution in [2.75, 3.05) is 12.4 Å². The number of hydrogen-bond donors (Lipinski definition) is 1. The minimum atomic E-state index is 0.613. The summed E-state index contributed by atoms with van der Waals surface area (Å²) in [5, 5.41) is 12.5. The zero-order valence-electron chi connectivity index (χ0n) is 11.8. The first kappa shape index (κ1) is 14.1. The number of nitrogens with one attached hydrogen (secondary N) is 1. The second-order valence-corrected chi connectivity index (χ2v) is 4.77. The molecule has 3 nitrogen and oxygen atoms in total. The van der Waals surface area contributed by atoms with E-state index < -0.39 is 0 Å². The maximum Gasteiger partial charge on any atom is 0.101 e. The molecule has 0 aliphatic carbocycles. The van der Waals surface area contributed by atoms with Crippen molar-refractivity contribution in [3.63, 3.8) is 0 Å². The molecule has 0 atom stereocenters. The Morgan fingerprint density at radius 2 is 1.95 bits per heavy atom. The Morgan fingerprint density at radius 3 is 2.70 bits per heavy atom. The molecule has 0 aromatic heterocycles. The van der Waals surface area contributed by atoms with E-state index in [4.69, 9.17) is 10.00 Å². The van der Waals surface area contributed by atoms with Gasteiger partial charge in [0, 0.05) is 13.7 Å². The summed E-state index contributed by atoms with van der Waals surface area (Å²) in [6.45, 7) is 3.29. The van der Waals surface area contributed by atoms with E-state index in [1.54, 1.807) is 7.11 Å². The number of benzene rings is 2. The van der Waals surface area contributed by atoms with E-state index in [-0.39, 0.29) is 0 Å². The maximum absolute atomic E-state index is 9.15. The monoisotopic (exact) mass is 266 g/mol. The predicted molar refractivity (Wildman–Crippen MR) is 80.4 cm³/mol. The number of nitriles is 1. The number of anilines is 1. The van der Waals surface area contributed by atoms with E-state index >= 15 is 0 Å². The fourth-order valence-corrected chi connectivity index (χ4v) is 2.10. The van der Waals surface area contributed by atoms with Crippen molar-refractivity contribution in [3.05, 3.63) is 64.7 Å². The fraction of sp³-hybridized carbons (Fsp3) is 0.235. The topological polar surface area (TPSA) is 45.0 Å². The molecule has 102 valence electrons. The minimum absolute atomic E-state index is 0.613. The average Bonchev–Trinajstić information content (AvgIpc) is 2.46. The van der Waals surface area contributed by atoms with Crippen molar-refractivity contribution < 1.29 is 4.74 Å². The van der Waals surface area contributed by atoms with Crippen LogP contribution in [0.4, 0.5) is 5.69 Å². The van der Waals surface area contributed by atoms with Crippen molar-refractivity contribution in [3.8, 4) is 6.07 Å². The van der Waals surface area contributed by atoms with Crippen LogP contribution in [-0.2, 0) is 17.9 Å². The first-order valence-electron chi connectivity index (χ1n) is 6.54. The number of nitrogens with zero attached hydrogens (tertiary/aromatic N) is 1. The number of hydrogen-bond acceptors (Lipinski definition) is 3. The highest BCUT2D eigenvalue weighted by Gasteiger charge is 2.02. The Hall–Kier alpha value is -2.31. The molecule has 3 heteroatoms. The van der Waals surface area contributed by atoms with Crippen molar-refractivity contribution in [1.82, 2.24) is 0 Å². The van der Waals surface area contributed by atoms with E-state index in [0.29, 0.717) is 18.7 Å². The Morgan fingerprint density at radius 1 is 1.15 bits per heavy atom. The molecule has 0 unspecified atom stereocenters. The van der Waals surface area contributed by atoms with Crippen molar-refractivity contribution >= 4 is 5.69 Å². The first-order chi connectivity index (χ1) is 9.72. The summed E-state index contributed by atoms with van der Waals surface area (Å²) in [4.78, 5) is 0. The second-order valence-electron chi connectivity index (χ2n) is 4.77. The van der Waals surface area contributed by atoms with Gasteiger partial charge < -0.3 is 10.1 Å². The summed E-state index contributed by atoms with van der Waals surface area (Å²) in [6.07, 6.45) is 0. The highest BCUT2D eigenvalue weighted by molar-refractivity contribution is 5.58. The molecule has 2 rings (SSSR count). The smallest absolute Gasteiger partial charge is 0.101 e. The van der Waals surface area contributed by atoms with Crippen LogP contribution in [0.25, 0.3) is 0 Å². The molecule has 0 aliphatic rings. The summed E-state index contributed by atoms with van der Waals surface area (Å²) < 4.78 is 5.13. The Balaban J connectivity index is 2.09. The van der Waals surface area contributed by atoms with Crippen LogP contribution >= 0.6 is 0 Å². The molecule has 1 N–H and O–H groups in total. The average molecular weight is 266 g/mol. The van der Waals surface area contributed by atoms with Gasteiger partial charge in [0.05, 0.1) is 17.9 Å². The zero-order valence-corrected chi connectivity index (χ0v) is 11.8. The standard InChI is InChI=1S/C17H18N2O/c1-13-6-7-17(16(8-13)10-18)19-11-14-4-3-5-15(9-14)12-20-2/h3-9,19H,11-12H2,1-2H3. The molecule has 0 fully saturated rings. The van der Waals surface area contributed by atoms with Crippen LogP contribution in [-0.4, -0.2) is 7.11 Å². The number of ether oxygens (including phenoxy) is 1. The van der Waals surface area contributed by atoms with Gasteiger partial charge in [-0.2, -0.15) is 5.26 Å². The van der Waals surface area contributed by atoms with E-state index in [1.165, 1.54) is 5.56 Å². The lowest BCUT2D eigenvalue weighted by Crippen LogP contribution is -2.02. The van der Waals surface area contributed by atoms with E-state index in [0.717, 1.165) is 16.8 Å². The quantitative estimate of drug-likeness (QED) is 0.899. The van der Waals surface area contributed by atoms with Crippen LogP contribution in [0, 0.1) is 18.3 Å². The summed E-state index contributed by atoms with van der Waals surface area (Å²) in [6, 6.07) is 16.3. The summed E-state index contributed by atoms with van der Waals surface area (Å²) >= 11 is 0. The van der Waals surface area contributed by atoms with Crippen LogP contribution in [0.15, 0.2) is 42.5 Å². The van der Waals surface area contributed by atoms with Gasteiger partial charge in [-0.05, 0) is 35.7 Å². The van der Waals surface area contributed by atoms with E-state index in [9.17, 15) is 0 Å². The molecular formula is C17H18N2O. The van der Waals surface area contributed by atoms with Gasteiger partial charge in [-0.3, -0.25) is 0 Å². The molecule has 2 aromatic rings. The molecular weight excluding hydrogens is 248 g/mol. The molecule has 0 spiro atoms. The van der Waals surface area contributed by atoms with Gasteiger partial charge in [-0.15, -0.1) is 0 Å². The third-order valence-electron chi connectivity index (χ3n) is 3.08. The van der Waals surface area contributed by atoms with Gasteiger partial charge in [0.25, 0.3) is 0 Å². The molecule has 0 bridgehead atoms. The molecule has 0 saturated heterocycles. The van der Waals surface area contributed by atoms with Crippen LogP contribution < -0.4 is 5.32 Å². The molecule has 0 saturated carbocycles. The predicted octanol–water partition coefficient (Wildman–Crippen LogP) is 3.63. The summed E-state index contributed by atoms with van der Waals surface area (Å²) in [5.74, 6) is 0. The van der Waals surface area contributed by atoms with Crippen LogP contribution in [0.1, 0.15) is 22.3 Å². The summed E-state index contributed by atoms with van der Waals surface area (Å²) in [5.41, 5.74) is 4.96. The Labute approximate surface area is 119 Å². The molecule has 20 heavy (non-hydrogen) atoms. The normalized spacial score (nSPS) is 10.1. The lowest BCUT2D eigenvalue weighted by atomic mass is 10.1. The summed E-state index contributed by atoms with van der Waals surface area (Å²) in [7, 11) is 1.69. The first-order valence-corrected chi connectivity index (χ1v) is 6.54. The van der Waals surface area contributed by atoms with Gasteiger partial charge in [0.2, 0.25) is 0 Å². The van der Waals surface area contributed by atoms with Gasteiger partial charge in [-0.25, -0.2) is 0 Å². The molecule has 2 aromatic carbocycles. The van der Waals surface area contributed by atoms with E-state index in [1.807, 2.05) is 37.3 Å². The Kier molecular flexibility index (Phi) is 4.75. The van der Waals surface area contributed by atoms with Crippen LogP contribution in [0.5, 0.6) is 0 Å². The molecule has 0 radical (unpaired) electrons. The number of aryl methyl sites for hydroxylation is 1. The Bertz CT molecular complexity index is 629. The van der Waals surface area contributed by atoms with E-state index in [2.05, 4.69) is 23.5 Å². The molecule has 0 aliphatic heterocycles. The van der Waals surface area contributed by atoms with Crippen molar-refractivity contribution in [1.29, 1.82) is 5.26 Å². The van der Waals surface area contributed by atoms with Crippen molar-refractivity contribution in [2.24, 2.45) is 0 Å². The van der Waals surface area contributed by atoms with Gasteiger partial charge in [-0.1, -0.05) is 30.3 Å². The van der Waals surface area contributed by atoms with Gasteiger partial charge in [0.1, 0.15) is 6.07 Å². The van der Waals surface area contributed by atoms with Gasteiger partial charge >= 0.3 is 0 Å². The van der Waals surface area contributed by atoms with Crippen molar-refractivity contribution in [2.45, 2.75) is 20.1 Å². The highest BCUT2D eigenvalue weighted by atomic mass is 16.5. The number of rotatable bonds is 5. The third-order valence-corrected chi connectivity index (χ3v) is 3.08. The maximum atomic E-state index is 9.15. The number of methoxy groups -OCH3 is 1. The van der Waals surface area contributed by atoms with Crippen LogP contribution in [0.2, 0.25) is 0 Å². The zero-order chi connectivity index (χ0) is 14.4. The second kappa shape index (κ2) is 6.74. The molecule has 0 amide bonds. The fourth-order valence-electron chi connectivity index (χ4n) is 2.10. The van der Waals surface area contributed by atoms with Crippen LogP contribution in [0.3, 0.4) is 0 Å². The lowest BCUT2D eigenvalue weighted by Gasteiger charge is -2.10. The highest BCUT2D eigenvalue weighted by Crippen LogP contribution is 2.17. The molecule has 0 heterocycles. The lowest BCUT2D eigenvalue weighted by molar-refractivity contribution is 0.185. The SMILES string of the molecule is COCc1cccc(CNc2ccc(C)cc2C#N)c1. The largest absolute Gasteiger partial charge is 0.380 e. The van der Waals surface area contributed by atoms with Gasteiger partial charge in [0.15, 0.2) is 0 Å².